The van der Waals surface area contributed by atoms with Crippen LogP contribution in [0.2, 0.25) is 0 Å². The van der Waals surface area contributed by atoms with E-state index in [-0.39, 0.29) is 5.75 Å². The normalized spacial score (nSPS) is 12.0. The molecule has 0 atom stereocenters. The van der Waals surface area contributed by atoms with E-state index >= 15 is 0 Å². The first-order valence-corrected chi connectivity index (χ1v) is 11.3. The van der Waals surface area contributed by atoms with Crippen LogP contribution in [0.4, 0.5) is 0 Å². The Morgan fingerprint density at radius 2 is 2.00 bits per heavy atom. The molecule has 0 unspecified atom stereocenters. The van der Waals surface area contributed by atoms with E-state index in [9.17, 15) is 8.42 Å². The lowest BCUT2D eigenvalue weighted by molar-refractivity contribution is 0.393. The number of aromatic nitrogens is 5. The Morgan fingerprint density at radius 1 is 1.20 bits per heavy atom. The van der Waals surface area contributed by atoms with Crippen molar-refractivity contribution in [1.29, 1.82) is 0 Å². The Morgan fingerprint density at radius 3 is 2.67 bits per heavy atom. The minimum atomic E-state index is -3.54. The van der Waals surface area contributed by atoms with Gasteiger partial charge in [-0.15, -0.1) is 6.58 Å². The van der Waals surface area contributed by atoms with E-state index in [0.29, 0.717) is 35.3 Å². The van der Waals surface area contributed by atoms with Gasteiger partial charge in [0.15, 0.2) is 0 Å². The molecule has 0 amide bonds. The molecule has 8 nitrogen and oxygen atoms in total. The molecule has 0 aromatic carbocycles. The van der Waals surface area contributed by atoms with Crippen molar-refractivity contribution < 1.29 is 12.9 Å². The molecule has 30 heavy (non-hydrogen) atoms. The van der Waals surface area contributed by atoms with Gasteiger partial charge >= 0.3 is 0 Å². The highest BCUT2D eigenvalue weighted by molar-refractivity contribution is 7.90. The molecule has 0 aliphatic rings. The average Bonchev–Trinajstić information content (AvgIpc) is 3.39. The molecular weight excluding hydrogens is 402 g/mol. The summed E-state index contributed by atoms with van der Waals surface area (Å²) in [7, 11) is -3.54. The Bertz CT molecular complexity index is 1320. The molecule has 0 saturated heterocycles. The van der Waals surface area contributed by atoms with Crippen molar-refractivity contribution in [2.45, 2.75) is 33.7 Å². The predicted octanol–water partition coefficient (Wildman–Crippen LogP) is 3.95. The van der Waals surface area contributed by atoms with Crippen molar-refractivity contribution in [2.75, 3.05) is 5.75 Å². The molecule has 4 rings (SSSR count). The summed E-state index contributed by atoms with van der Waals surface area (Å²) in [6.07, 6.45) is 9.19. The monoisotopic (exact) mass is 425 g/mol. The smallest absolute Gasteiger partial charge is 0.239 e. The van der Waals surface area contributed by atoms with Gasteiger partial charge in [-0.1, -0.05) is 18.2 Å². The SMILES string of the molecule is C=CCn1cc(-c2cn(S(=O)(=O)CCC)c3cc(-c4c(C)noc4C)cnc23)cn1. The van der Waals surface area contributed by atoms with Gasteiger partial charge < -0.3 is 4.52 Å². The number of hydrogen-bond acceptors (Lipinski definition) is 6. The molecule has 0 spiro atoms. The third kappa shape index (κ3) is 3.35. The van der Waals surface area contributed by atoms with E-state index in [1.54, 1.807) is 29.3 Å². The van der Waals surface area contributed by atoms with Gasteiger partial charge in [0.25, 0.3) is 0 Å². The lowest BCUT2D eigenvalue weighted by atomic mass is 10.1. The Labute approximate surface area is 174 Å². The van der Waals surface area contributed by atoms with Crippen molar-refractivity contribution in [1.82, 2.24) is 23.9 Å². The average molecular weight is 426 g/mol. The standard InChI is InChI=1S/C21H23N5O3S/c1-5-7-25-12-17(11-23-25)18-13-26(30(27,28)8-6-2)19-9-16(10-22-21(18)19)20-14(3)24-29-15(20)4/h5,9-13H,1,6-8H2,2-4H3. The third-order valence-electron chi connectivity index (χ3n) is 4.95. The molecule has 0 N–H and O–H groups in total. The number of nitrogens with zero attached hydrogens (tertiary/aromatic N) is 5. The lowest BCUT2D eigenvalue weighted by Crippen LogP contribution is -2.15. The van der Waals surface area contributed by atoms with E-state index < -0.39 is 10.0 Å². The third-order valence-corrected chi connectivity index (χ3v) is 6.78. The van der Waals surface area contributed by atoms with Gasteiger partial charge in [-0.05, 0) is 26.3 Å². The topological polar surface area (TPSA) is 95.8 Å². The molecule has 0 aliphatic heterocycles. The van der Waals surface area contributed by atoms with Gasteiger partial charge in [0, 0.05) is 40.8 Å². The largest absolute Gasteiger partial charge is 0.361 e. The fourth-order valence-electron chi connectivity index (χ4n) is 3.64. The van der Waals surface area contributed by atoms with Crippen molar-refractivity contribution in [3.8, 4) is 22.3 Å². The lowest BCUT2D eigenvalue weighted by Gasteiger charge is -2.07. The van der Waals surface area contributed by atoms with Crippen molar-refractivity contribution in [3.63, 3.8) is 0 Å². The van der Waals surface area contributed by atoms with E-state index in [1.165, 1.54) is 3.97 Å². The molecule has 0 aliphatic carbocycles. The number of hydrogen-bond donors (Lipinski definition) is 0. The highest BCUT2D eigenvalue weighted by Crippen LogP contribution is 2.34. The second kappa shape index (κ2) is 7.56. The first kappa shape index (κ1) is 20.1. The number of aryl methyl sites for hydroxylation is 2. The molecule has 0 bridgehead atoms. The number of pyridine rings is 1. The summed E-state index contributed by atoms with van der Waals surface area (Å²) in [4.78, 5) is 4.63. The molecule has 9 heteroatoms. The minimum absolute atomic E-state index is 0.0431. The summed E-state index contributed by atoms with van der Waals surface area (Å²) in [5.41, 5.74) is 4.95. The second-order valence-electron chi connectivity index (χ2n) is 7.19. The Balaban J connectivity index is 1.97. The first-order chi connectivity index (χ1) is 14.4. The van der Waals surface area contributed by atoms with Crippen molar-refractivity contribution in [2.24, 2.45) is 0 Å². The van der Waals surface area contributed by atoms with E-state index in [0.717, 1.165) is 22.4 Å². The van der Waals surface area contributed by atoms with Crippen molar-refractivity contribution >= 4 is 21.1 Å². The maximum atomic E-state index is 13.0. The summed E-state index contributed by atoms with van der Waals surface area (Å²) >= 11 is 0. The van der Waals surface area contributed by atoms with Crippen LogP contribution in [0.1, 0.15) is 24.8 Å². The van der Waals surface area contributed by atoms with E-state index in [1.807, 2.05) is 33.0 Å². The second-order valence-corrected chi connectivity index (χ2v) is 9.15. The molecule has 4 aromatic heterocycles. The van der Waals surface area contributed by atoms with Crippen LogP contribution < -0.4 is 0 Å². The Kier molecular flexibility index (Phi) is 5.07. The van der Waals surface area contributed by atoms with Crippen molar-refractivity contribution in [3.05, 3.63) is 55.0 Å². The summed E-state index contributed by atoms with van der Waals surface area (Å²) in [6, 6.07) is 1.83. The summed E-state index contributed by atoms with van der Waals surface area (Å²) in [5.74, 6) is 0.704. The van der Waals surface area contributed by atoms with Gasteiger partial charge in [0.1, 0.15) is 5.76 Å². The van der Waals surface area contributed by atoms with Gasteiger partial charge in [-0.25, -0.2) is 12.4 Å². The number of allylic oxidation sites excluding steroid dienone is 1. The van der Waals surface area contributed by atoms with Gasteiger partial charge in [0.2, 0.25) is 10.0 Å². The summed E-state index contributed by atoms with van der Waals surface area (Å²) < 4.78 is 34.4. The Hall–Kier alpha value is -3.20. The van der Waals surface area contributed by atoms with Gasteiger partial charge in [0.05, 0.1) is 35.2 Å². The van der Waals surface area contributed by atoms with Crippen LogP contribution in [0, 0.1) is 13.8 Å². The highest BCUT2D eigenvalue weighted by atomic mass is 32.2. The fourth-order valence-corrected chi connectivity index (χ4v) is 5.06. The number of fused-ring (bicyclic) bond motifs is 1. The van der Waals surface area contributed by atoms with Crippen LogP contribution in [0.25, 0.3) is 33.3 Å². The zero-order valence-corrected chi connectivity index (χ0v) is 18.0. The number of rotatable bonds is 7. The molecular formula is C21H23N5O3S. The molecule has 156 valence electrons. The van der Waals surface area contributed by atoms with Crippen LogP contribution in [-0.2, 0) is 16.6 Å². The minimum Gasteiger partial charge on any atom is -0.361 e. The summed E-state index contributed by atoms with van der Waals surface area (Å²) in [5, 5.41) is 8.32. The van der Waals surface area contributed by atoms with Gasteiger partial charge in [-0.3, -0.25) is 9.67 Å². The van der Waals surface area contributed by atoms with Gasteiger partial charge in [-0.2, -0.15) is 5.10 Å². The van der Waals surface area contributed by atoms with E-state index in [2.05, 4.69) is 21.8 Å². The fraction of sp³-hybridized carbons (Fsp3) is 0.286. The molecule has 4 aromatic rings. The highest BCUT2D eigenvalue weighted by Gasteiger charge is 2.22. The molecule has 0 fully saturated rings. The first-order valence-electron chi connectivity index (χ1n) is 9.67. The molecule has 4 heterocycles. The molecule has 0 saturated carbocycles. The zero-order valence-electron chi connectivity index (χ0n) is 17.2. The van der Waals surface area contributed by atoms with Crippen LogP contribution in [0.15, 0.2) is 48.0 Å². The maximum Gasteiger partial charge on any atom is 0.239 e. The summed E-state index contributed by atoms with van der Waals surface area (Å²) in [6.45, 7) is 9.81. The predicted molar refractivity (Wildman–Crippen MR) is 116 cm³/mol. The maximum absolute atomic E-state index is 13.0. The quantitative estimate of drug-likeness (QED) is 0.416. The molecule has 0 radical (unpaired) electrons. The van der Waals surface area contributed by atoms with Crippen LogP contribution in [0.5, 0.6) is 0 Å². The van der Waals surface area contributed by atoms with Crippen LogP contribution in [0.3, 0.4) is 0 Å². The van der Waals surface area contributed by atoms with Crippen LogP contribution >= 0.6 is 0 Å². The van der Waals surface area contributed by atoms with Crippen LogP contribution in [-0.4, -0.2) is 38.1 Å². The zero-order chi connectivity index (χ0) is 21.5. The van der Waals surface area contributed by atoms with E-state index in [4.69, 9.17) is 4.52 Å².